The molecule has 0 aliphatic rings. The summed E-state index contributed by atoms with van der Waals surface area (Å²) in [5, 5.41) is 12.6. The lowest BCUT2D eigenvalue weighted by atomic mass is 9.99. The van der Waals surface area contributed by atoms with Crippen LogP contribution in [0, 0.1) is 0 Å². The predicted molar refractivity (Wildman–Crippen MR) is 614 cm³/mol. The van der Waals surface area contributed by atoms with Gasteiger partial charge in [-0.05, 0) is 149 Å². The van der Waals surface area contributed by atoms with Gasteiger partial charge in [-0.25, -0.2) is 15.0 Å². The van der Waals surface area contributed by atoms with E-state index in [0.29, 0.717) is 34.2 Å². The molecule has 0 aliphatic heterocycles. The molecule has 21 aromatic carbocycles. The van der Waals surface area contributed by atoms with Gasteiger partial charge in [0.1, 0.15) is 0 Å². The summed E-state index contributed by atoms with van der Waals surface area (Å²) in [6.45, 7) is 0. The monoisotopic (exact) mass is 1930 g/mol. The summed E-state index contributed by atoms with van der Waals surface area (Å²) < 4.78 is 141. The molecule has 0 radical (unpaired) electrons. The summed E-state index contributed by atoms with van der Waals surface area (Å²) >= 11 is 0. The fourth-order valence-electron chi connectivity index (χ4n) is 21.4. The molecule has 0 amide bonds. The molecule has 702 valence electrons. The molecular formula is C135H87N15. The van der Waals surface area contributed by atoms with Gasteiger partial charge in [-0.15, -0.1) is 0 Å². The summed E-state index contributed by atoms with van der Waals surface area (Å²) in [7, 11) is 0. The Balaban J connectivity index is 0.000000116. The van der Waals surface area contributed by atoms with Crippen molar-refractivity contribution in [2.75, 3.05) is 0 Å². The fraction of sp³-hybridized carbons (Fsp3) is 0. The molecule has 9 heterocycles. The topological polar surface area (TPSA) is 146 Å². The van der Waals surface area contributed by atoms with Gasteiger partial charge < -0.3 is 13.7 Å². The number of hydrogen-bond acceptors (Lipinski definition) is 9. The van der Waals surface area contributed by atoms with E-state index in [2.05, 4.69) is 177 Å². The van der Waals surface area contributed by atoms with E-state index in [1.54, 1.807) is 0 Å². The lowest BCUT2D eigenvalue weighted by Crippen LogP contribution is -2.06. The summed E-state index contributed by atoms with van der Waals surface area (Å²) in [6.07, 6.45) is 0. The van der Waals surface area contributed by atoms with Crippen molar-refractivity contribution in [1.29, 1.82) is 0 Å². The molecule has 0 saturated heterocycles. The molecule has 9 aromatic heterocycles. The fourth-order valence-corrected chi connectivity index (χ4v) is 21.4. The number of benzene rings is 21. The SMILES string of the molecule is [2H]c1c([2H])c([2H])c(-c2nc(-c3ccc(-c4ccccc4)cc3)nc(-n3c4ccccc4c4c5c6ccccc6n(-c6ccccc6)c5ccc43)n2)c([2H])c1[2H].[2H]c1c([2H])c([2H])c(-c2nc(-c3cccc(-c4ccccc4)c3)nc(-n3c4ccccc4c4c5c6ccccc6n(-c6ccccc6)c5ccc43)n2)c([2H])c1[2H].[2H]c1c([2H])c([2H])c(-c2nc(-c3ccccc3-c3ccccc3)nc(-n3c4ccccc4c4c5c6ccccc6n(-c6ccccc6)c5ccc43)n2)c([2H])c1[2H]. The molecule has 15 heteroatoms. The lowest BCUT2D eigenvalue weighted by Gasteiger charge is -2.13. The average molecular weight is 1930 g/mol. The first-order valence-electron chi connectivity index (χ1n) is 56.7. The number of hydrogen-bond donors (Lipinski definition) is 0. The highest BCUT2D eigenvalue weighted by molar-refractivity contribution is 6.32. The molecule has 0 saturated carbocycles. The van der Waals surface area contributed by atoms with Crippen LogP contribution >= 0.6 is 0 Å². The predicted octanol–water partition coefficient (Wildman–Crippen LogP) is 33.2. The normalized spacial score (nSPS) is 13.0. The van der Waals surface area contributed by atoms with E-state index in [0.717, 1.165) is 181 Å². The van der Waals surface area contributed by atoms with Crippen LogP contribution in [0.15, 0.2) is 527 Å². The lowest BCUT2D eigenvalue weighted by molar-refractivity contribution is 0.953. The second kappa shape index (κ2) is 37.0. The van der Waals surface area contributed by atoms with Crippen LogP contribution in [-0.4, -0.2) is 72.3 Å². The van der Waals surface area contributed by atoms with Gasteiger partial charge in [-0.3, -0.25) is 13.7 Å². The maximum Gasteiger partial charge on any atom is 0.238 e. The number of para-hydroxylation sites is 9. The van der Waals surface area contributed by atoms with Crippen molar-refractivity contribution in [1.82, 2.24) is 72.3 Å². The highest BCUT2D eigenvalue weighted by Crippen LogP contribution is 2.48. The molecule has 0 aliphatic carbocycles. The quantitative estimate of drug-likeness (QED) is 0.0979. The van der Waals surface area contributed by atoms with Crippen LogP contribution in [-0.2, 0) is 0 Å². The first-order valence-corrected chi connectivity index (χ1v) is 49.2. The van der Waals surface area contributed by atoms with Crippen molar-refractivity contribution in [3.8, 4) is 137 Å². The van der Waals surface area contributed by atoms with Crippen LogP contribution in [0.2, 0.25) is 0 Å². The van der Waals surface area contributed by atoms with E-state index < -0.39 is 54.4 Å². The zero-order valence-corrected chi connectivity index (χ0v) is 79.8. The van der Waals surface area contributed by atoms with Crippen LogP contribution in [0.1, 0.15) is 20.6 Å². The third-order valence-corrected chi connectivity index (χ3v) is 27.8. The molecule has 30 aromatic rings. The van der Waals surface area contributed by atoms with Crippen molar-refractivity contribution in [3.63, 3.8) is 0 Å². The van der Waals surface area contributed by atoms with Gasteiger partial charge in [0.15, 0.2) is 34.9 Å². The summed E-state index contributed by atoms with van der Waals surface area (Å²) in [4.78, 5) is 44.7. The van der Waals surface area contributed by atoms with Crippen LogP contribution in [0.3, 0.4) is 0 Å². The van der Waals surface area contributed by atoms with Crippen molar-refractivity contribution in [2.45, 2.75) is 0 Å². The zero-order valence-electron chi connectivity index (χ0n) is 94.8. The van der Waals surface area contributed by atoms with Gasteiger partial charge >= 0.3 is 0 Å². The molecule has 0 spiro atoms. The van der Waals surface area contributed by atoms with Crippen molar-refractivity contribution in [3.05, 3.63) is 527 Å². The summed E-state index contributed by atoms with van der Waals surface area (Å²) in [5.41, 5.74) is 22.4. The van der Waals surface area contributed by atoms with Gasteiger partial charge in [0, 0.05) is 115 Å². The number of aromatic nitrogens is 15. The second-order valence-electron chi connectivity index (χ2n) is 36.3. The minimum atomic E-state index is -0.483. The van der Waals surface area contributed by atoms with Crippen molar-refractivity contribution in [2.24, 2.45) is 0 Å². The molecule has 0 atom stereocenters. The minimum Gasteiger partial charge on any atom is -0.309 e. The van der Waals surface area contributed by atoms with Crippen LogP contribution in [0.4, 0.5) is 0 Å². The minimum absolute atomic E-state index is 0.0168. The highest BCUT2D eigenvalue weighted by atomic mass is 15.2. The Hall–Kier alpha value is -20.6. The first kappa shape index (κ1) is 72.7. The van der Waals surface area contributed by atoms with E-state index >= 15 is 0 Å². The second-order valence-corrected chi connectivity index (χ2v) is 36.3. The molecule has 0 N–H and O–H groups in total. The van der Waals surface area contributed by atoms with Gasteiger partial charge in [-0.2, -0.15) is 29.9 Å². The Kier molecular flexibility index (Phi) is 17.9. The van der Waals surface area contributed by atoms with Gasteiger partial charge in [0.05, 0.1) is 86.8 Å². The standard InChI is InChI=1S/3C45H29N5/c1-4-15-30(16-5-1)32-19-14-20-33(29-32)44-46-43(31-17-6-2-7-18-31)47-45(48-44)50-38-26-13-11-24-36(38)42-40(50)28-27-39-41(42)35-23-10-12-25-37(35)49(39)34-21-8-3-9-22-34;1-4-14-30(15-5-1)31-24-26-33(27-25-31)44-46-43(32-16-6-2-7-17-32)47-45(48-44)50-38-23-13-11-21-36(38)42-40(50)29-28-39-41(42)35-20-10-12-22-37(35)49(39)34-18-8-3-9-19-34;1-4-16-30(17-5-1)33-22-10-11-23-34(33)44-46-43(31-18-6-2-7-19-31)47-45(48-44)50-38-27-15-13-25-36(38)42-40(50)29-28-39-41(42)35-24-12-14-26-37(35)49(39)32-20-8-3-9-21-32/h3*1-29H/i2D,6D,7D,17D,18D;2D,6D,7D,16D,17D;2D,6D,7D,18D,19D. The Morgan fingerprint density at radius 2 is 0.367 bits per heavy atom. The maximum atomic E-state index is 8.89. The van der Waals surface area contributed by atoms with E-state index in [-0.39, 0.29) is 88.3 Å². The van der Waals surface area contributed by atoms with Crippen LogP contribution < -0.4 is 0 Å². The summed E-state index contributed by atoms with van der Waals surface area (Å²) in [6, 6.07) is 140. The van der Waals surface area contributed by atoms with Crippen LogP contribution in [0.5, 0.6) is 0 Å². The number of nitrogens with zero attached hydrogens (tertiary/aromatic N) is 15. The Labute approximate surface area is 882 Å². The molecule has 150 heavy (non-hydrogen) atoms. The van der Waals surface area contributed by atoms with Gasteiger partial charge in [0.25, 0.3) is 0 Å². The maximum absolute atomic E-state index is 8.89. The smallest absolute Gasteiger partial charge is 0.238 e. The molecule has 30 rings (SSSR count). The number of fused-ring (bicyclic) bond motifs is 21. The van der Waals surface area contributed by atoms with E-state index in [4.69, 9.17) is 65.4 Å². The van der Waals surface area contributed by atoms with Crippen molar-refractivity contribution >= 4 is 131 Å². The Bertz CT molecular complexity index is 11400. The third kappa shape index (κ3) is 15.1. The van der Waals surface area contributed by atoms with Gasteiger partial charge in [0.2, 0.25) is 17.8 Å². The molecular weight excluding hydrogens is 1830 g/mol. The summed E-state index contributed by atoms with van der Waals surface area (Å²) in [5.74, 6) is 1.63. The van der Waals surface area contributed by atoms with Crippen molar-refractivity contribution < 1.29 is 20.6 Å². The molecule has 15 nitrogen and oxygen atoms in total. The molecule has 0 fully saturated rings. The van der Waals surface area contributed by atoms with E-state index in [1.807, 2.05) is 287 Å². The zero-order chi connectivity index (χ0) is 112. The highest BCUT2D eigenvalue weighted by Gasteiger charge is 2.29. The Morgan fingerprint density at radius 1 is 0.140 bits per heavy atom. The van der Waals surface area contributed by atoms with E-state index in [1.165, 1.54) is 0 Å². The Morgan fingerprint density at radius 3 is 0.707 bits per heavy atom. The van der Waals surface area contributed by atoms with E-state index in [9.17, 15) is 0 Å². The molecule has 0 bridgehead atoms. The van der Waals surface area contributed by atoms with Gasteiger partial charge in [-0.1, -0.05) is 412 Å². The molecule has 0 unspecified atom stereocenters. The first-order chi connectivity index (χ1) is 80.7. The van der Waals surface area contributed by atoms with Crippen LogP contribution in [0.25, 0.3) is 267 Å². The average Bonchev–Trinajstić information content (AvgIpc) is 1.55. The third-order valence-electron chi connectivity index (χ3n) is 27.8. The largest absolute Gasteiger partial charge is 0.309 e. The number of rotatable bonds is 15.